The molecule has 0 saturated heterocycles. The Labute approximate surface area is 491 Å². The summed E-state index contributed by atoms with van der Waals surface area (Å²) in [7, 11) is 0. The van der Waals surface area contributed by atoms with Gasteiger partial charge < -0.3 is 15.0 Å². The molecule has 0 bridgehead atoms. The Bertz CT molecular complexity index is 3950. The number of nitrogens with zero attached hydrogens (tertiary/aromatic N) is 3. The van der Waals surface area contributed by atoms with Gasteiger partial charge in [0, 0.05) is 18.6 Å². The molecule has 3 heterocycles. The fourth-order valence-corrected chi connectivity index (χ4v) is 10.6. The third-order valence-electron chi connectivity index (χ3n) is 15.2. The molecule has 81 heavy (non-hydrogen) atoms. The number of benzene rings is 9. The van der Waals surface area contributed by atoms with Crippen LogP contribution in [0, 0.1) is 18.2 Å². The predicted octanol–water partition coefficient (Wildman–Crippen LogP) is 20.2. The second kappa shape index (κ2) is 23.0. The first kappa shape index (κ1) is 54.1. The van der Waals surface area contributed by atoms with Crippen molar-refractivity contribution in [3.05, 3.63) is 285 Å². The van der Waals surface area contributed by atoms with E-state index >= 15 is 0 Å². The van der Waals surface area contributed by atoms with Crippen molar-refractivity contribution in [2.24, 2.45) is 0 Å². The van der Waals surface area contributed by atoms with E-state index in [2.05, 4.69) is 284 Å². The van der Waals surface area contributed by atoms with E-state index in [4.69, 9.17) is 15.0 Å². The second-order valence-corrected chi connectivity index (χ2v) is 22.6. The molecule has 0 radical (unpaired) electrons. The fourth-order valence-electron chi connectivity index (χ4n) is 10.6. The van der Waals surface area contributed by atoms with Crippen molar-refractivity contribution < 1.29 is 20.1 Å². The van der Waals surface area contributed by atoms with Gasteiger partial charge >= 0.3 is 20.1 Å². The second-order valence-electron chi connectivity index (χ2n) is 22.6. The molecule has 12 rings (SSSR count). The minimum absolute atomic E-state index is 0. The average Bonchev–Trinajstić information content (AvgIpc) is 3.53. The van der Waals surface area contributed by atoms with Crippen LogP contribution in [-0.4, -0.2) is 15.0 Å². The van der Waals surface area contributed by atoms with Gasteiger partial charge in [-0.2, -0.15) is 0 Å². The van der Waals surface area contributed by atoms with Gasteiger partial charge in [-0.1, -0.05) is 244 Å². The Morgan fingerprint density at radius 2 is 0.667 bits per heavy atom. The summed E-state index contributed by atoms with van der Waals surface area (Å²) in [4.78, 5) is 14.5. The van der Waals surface area contributed by atoms with Crippen LogP contribution in [-0.2, 0) is 30.9 Å². The van der Waals surface area contributed by atoms with E-state index in [0.29, 0.717) is 0 Å². The fraction of sp³-hybridized carbons (Fsp3) is 0.104. The summed E-state index contributed by atoms with van der Waals surface area (Å²) in [6.45, 7) is 13.3. The zero-order chi connectivity index (χ0) is 54.8. The molecule has 0 atom stereocenters. The molecular formula is C77H60IrN3. The summed E-state index contributed by atoms with van der Waals surface area (Å²) >= 11 is 0. The van der Waals surface area contributed by atoms with Crippen LogP contribution in [0.1, 0.15) is 52.7 Å². The largest absolute Gasteiger partial charge is 3.00 e. The summed E-state index contributed by atoms with van der Waals surface area (Å²) in [6.07, 6.45) is 5.83. The molecule has 0 aliphatic rings. The molecule has 0 amide bonds. The van der Waals surface area contributed by atoms with Crippen LogP contribution in [0.5, 0.6) is 0 Å². The van der Waals surface area contributed by atoms with Crippen molar-refractivity contribution in [1.29, 1.82) is 0 Å². The molecule has 4 heteroatoms. The van der Waals surface area contributed by atoms with Crippen LogP contribution in [0.3, 0.4) is 0 Å². The Kier molecular flexibility index (Phi) is 15.4. The van der Waals surface area contributed by atoms with Crippen LogP contribution >= 0.6 is 0 Å². The standard InChI is InChI=1S/C77H60N3.Ir/c1-76(2,3)63-40-43-74(79-50-63)57-35-31-54(32-36-57)65-20-10-12-22-67(65)60-46-61(68-23-13-11-21-66(68)55-33-37-58(38-34-55)75-44-41-64(51-80-75)77(4,5)6)48-62(47-60)69-24-14-15-25-70(69)71-42-39-59(73-26-16-17-45-78-73)49-72(71)56-29-27-53(28-30-56)52-18-8-7-9-19-52;/h7-35,37,40-51H,1-6H3;/q-3;+3. The third-order valence-corrected chi connectivity index (χ3v) is 15.2. The maximum Gasteiger partial charge on any atom is 3.00 e. The minimum Gasteiger partial charge on any atom is -0.305 e. The number of hydrogen-bond acceptors (Lipinski definition) is 3. The van der Waals surface area contributed by atoms with Gasteiger partial charge in [0.25, 0.3) is 0 Å². The molecule has 3 nitrogen and oxygen atoms in total. The minimum atomic E-state index is 0. The van der Waals surface area contributed by atoms with Crippen LogP contribution < -0.4 is 0 Å². The quantitative estimate of drug-likeness (QED) is 0.121. The van der Waals surface area contributed by atoms with E-state index in [0.717, 1.165) is 112 Å². The van der Waals surface area contributed by atoms with E-state index in [1.54, 1.807) is 0 Å². The third kappa shape index (κ3) is 11.6. The van der Waals surface area contributed by atoms with Gasteiger partial charge in [0.2, 0.25) is 0 Å². The maximum atomic E-state index is 4.86. The van der Waals surface area contributed by atoms with E-state index < -0.39 is 0 Å². The molecule has 0 unspecified atom stereocenters. The van der Waals surface area contributed by atoms with Gasteiger partial charge in [-0.05, 0) is 113 Å². The van der Waals surface area contributed by atoms with Crippen molar-refractivity contribution in [3.8, 4) is 123 Å². The summed E-state index contributed by atoms with van der Waals surface area (Å²) < 4.78 is 0. The first-order valence-electron chi connectivity index (χ1n) is 27.5. The van der Waals surface area contributed by atoms with E-state index in [1.165, 1.54) is 22.3 Å². The monoisotopic (exact) mass is 1220 g/mol. The Morgan fingerprint density at radius 3 is 1.10 bits per heavy atom. The van der Waals surface area contributed by atoms with E-state index in [1.807, 2.05) is 30.7 Å². The Balaban J connectivity index is 0.00000690. The van der Waals surface area contributed by atoms with Gasteiger partial charge in [0.15, 0.2) is 0 Å². The van der Waals surface area contributed by atoms with Crippen LogP contribution in [0.2, 0.25) is 0 Å². The zero-order valence-corrected chi connectivity index (χ0v) is 48.8. The van der Waals surface area contributed by atoms with Crippen LogP contribution in [0.15, 0.2) is 255 Å². The molecule has 12 aromatic rings. The summed E-state index contributed by atoms with van der Waals surface area (Å²) in [5, 5.41) is 0. The SMILES string of the molecule is CC(C)(C)c1ccc(-c2[c-]cc(-c3ccccc3-c3cc(-c4ccccc4-c4c[c-]c(-c5ccc(C(C)(C)C)cn5)cc4)cc(-c4ccccc4-c4c[c-]c(-c5ccccn5)cc4-c4ccc(-c5ccccc5)cc4)c3)cc2)nc1.[Ir+3]. The number of rotatable bonds is 11. The molecule has 0 saturated carbocycles. The van der Waals surface area contributed by atoms with Crippen molar-refractivity contribution in [2.75, 3.05) is 0 Å². The Morgan fingerprint density at radius 1 is 0.272 bits per heavy atom. The molecule has 0 spiro atoms. The normalized spacial score (nSPS) is 11.5. The van der Waals surface area contributed by atoms with Crippen LogP contribution in [0.4, 0.5) is 0 Å². The summed E-state index contributed by atoms with van der Waals surface area (Å²) in [6, 6.07) is 95.6. The van der Waals surface area contributed by atoms with Gasteiger partial charge in [0.1, 0.15) is 0 Å². The molecule has 3 aromatic heterocycles. The number of aromatic nitrogens is 3. The predicted molar refractivity (Wildman–Crippen MR) is 334 cm³/mol. The first-order chi connectivity index (χ1) is 38.9. The molecule has 0 N–H and O–H groups in total. The summed E-state index contributed by atoms with van der Waals surface area (Å²) in [5.74, 6) is 0. The van der Waals surface area contributed by atoms with E-state index in [9.17, 15) is 0 Å². The van der Waals surface area contributed by atoms with Gasteiger partial charge in [-0.15, -0.1) is 83.4 Å². The molecule has 0 fully saturated rings. The molecular weight excluding hydrogens is 1160 g/mol. The molecule has 0 aliphatic carbocycles. The van der Waals surface area contributed by atoms with Crippen LogP contribution in [0.25, 0.3) is 123 Å². The topological polar surface area (TPSA) is 38.7 Å². The maximum absolute atomic E-state index is 4.86. The molecule has 392 valence electrons. The zero-order valence-electron chi connectivity index (χ0n) is 46.4. The van der Waals surface area contributed by atoms with Crippen molar-refractivity contribution >= 4 is 0 Å². The van der Waals surface area contributed by atoms with Gasteiger partial charge in [-0.3, -0.25) is 0 Å². The van der Waals surface area contributed by atoms with Gasteiger partial charge in [0.05, 0.1) is 0 Å². The Hall–Kier alpha value is -8.92. The van der Waals surface area contributed by atoms with Crippen molar-refractivity contribution in [3.63, 3.8) is 0 Å². The van der Waals surface area contributed by atoms with Crippen molar-refractivity contribution in [1.82, 2.24) is 15.0 Å². The van der Waals surface area contributed by atoms with Crippen molar-refractivity contribution in [2.45, 2.75) is 52.4 Å². The van der Waals surface area contributed by atoms with Gasteiger partial charge in [-0.25, -0.2) is 0 Å². The van der Waals surface area contributed by atoms with E-state index in [-0.39, 0.29) is 30.9 Å². The molecule has 0 aliphatic heterocycles. The first-order valence-corrected chi connectivity index (χ1v) is 27.5. The molecule has 9 aromatic carbocycles. The smallest absolute Gasteiger partial charge is 0.305 e. The summed E-state index contributed by atoms with van der Waals surface area (Å²) in [5.41, 5.74) is 25.8. The average molecular weight is 1220 g/mol. The number of hydrogen-bond donors (Lipinski definition) is 0. The number of pyridine rings is 3.